The predicted octanol–water partition coefficient (Wildman–Crippen LogP) is 5.83. The van der Waals surface area contributed by atoms with Gasteiger partial charge >= 0.3 is 11.9 Å². The summed E-state index contributed by atoms with van der Waals surface area (Å²) in [7, 11) is 0. The maximum atomic E-state index is 12.9. The molecule has 0 aliphatic heterocycles. The Morgan fingerprint density at radius 3 is 2.27 bits per heavy atom. The van der Waals surface area contributed by atoms with E-state index in [9.17, 15) is 14.7 Å². The molecule has 0 spiro atoms. The molecular formula is C22H40O4. The number of carboxylic acid groups (broad SMARTS) is 1. The molecule has 1 saturated carbocycles. The zero-order valence-electron chi connectivity index (χ0n) is 17.6. The second kappa shape index (κ2) is 10.9. The van der Waals surface area contributed by atoms with E-state index in [1.807, 2.05) is 0 Å². The third-order valence-corrected chi connectivity index (χ3v) is 5.79. The SMILES string of the molecule is CC(C)CCCCCC(CC(C)C)OC(=O)C1(C)CCCCC1C(=O)O. The van der Waals surface area contributed by atoms with Crippen LogP contribution in [0.25, 0.3) is 0 Å². The summed E-state index contributed by atoms with van der Waals surface area (Å²) >= 11 is 0. The van der Waals surface area contributed by atoms with Crippen LogP contribution in [0.3, 0.4) is 0 Å². The topological polar surface area (TPSA) is 63.6 Å². The minimum Gasteiger partial charge on any atom is -0.481 e. The van der Waals surface area contributed by atoms with Gasteiger partial charge in [0.15, 0.2) is 0 Å². The zero-order chi connectivity index (χ0) is 19.7. The average molecular weight is 369 g/mol. The van der Waals surface area contributed by atoms with Crippen molar-refractivity contribution in [3.05, 3.63) is 0 Å². The molecule has 152 valence electrons. The van der Waals surface area contributed by atoms with E-state index in [2.05, 4.69) is 27.7 Å². The summed E-state index contributed by atoms with van der Waals surface area (Å²) in [6, 6.07) is 0. The second-order valence-corrected chi connectivity index (χ2v) is 9.24. The third-order valence-electron chi connectivity index (χ3n) is 5.79. The van der Waals surface area contributed by atoms with Crippen LogP contribution in [0.1, 0.15) is 98.8 Å². The van der Waals surface area contributed by atoms with Gasteiger partial charge < -0.3 is 9.84 Å². The quantitative estimate of drug-likeness (QED) is 0.368. The number of ether oxygens (including phenoxy) is 1. The smallest absolute Gasteiger partial charge is 0.312 e. The van der Waals surface area contributed by atoms with Gasteiger partial charge in [0.25, 0.3) is 0 Å². The molecule has 3 unspecified atom stereocenters. The fraction of sp³-hybridized carbons (Fsp3) is 0.909. The zero-order valence-corrected chi connectivity index (χ0v) is 17.6. The molecule has 0 aromatic rings. The number of aliphatic carboxylic acids is 1. The first-order chi connectivity index (χ1) is 12.2. The fourth-order valence-electron chi connectivity index (χ4n) is 4.11. The number of carbonyl (C=O) groups excluding carboxylic acids is 1. The summed E-state index contributed by atoms with van der Waals surface area (Å²) in [4.78, 5) is 24.5. The van der Waals surface area contributed by atoms with Crippen LogP contribution in [0.15, 0.2) is 0 Å². The van der Waals surface area contributed by atoms with E-state index < -0.39 is 17.3 Å². The molecule has 0 aromatic heterocycles. The van der Waals surface area contributed by atoms with Crippen LogP contribution in [-0.2, 0) is 14.3 Å². The van der Waals surface area contributed by atoms with E-state index in [1.165, 1.54) is 19.3 Å². The third kappa shape index (κ3) is 7.28. The van der Waals surface area contributed by atoms with Gasteiger partial charge in [-0.2, -0.15) is 0 Å². The van der Waals surface area contributed by atoms with Crippen LogP contribution < -0.4 is 0 Å². The number of hydrogen-bond donors (Lipinski definition) is 1. The molecule has 0 aromatic carbocycles. The molecule has 1 fully saturated rings. The highest BCUT2D eigenvalue weighted by molar-refractivity contribution is 5.84. The van der Waals surface area contributed by atoms with E-state index in [1.54, 1.807) is 6.92 Å². The van der Waals surface area contributed by atoms with Crippen LogP contribution >= 0.6 is 0 Å². The fourth-order valence-corrected chi connectivity index (χ4v) is 4.11. The first kappa shape index (κ1) is 23.0. The molecular weight excluding hydrogens is 328 g/mol. The highest BCUT2D eigenvalue weighted by Crippen LogP contribution is 2.42. The minimum absolute atomic E-state index is 0.0882. The number of carboxylic acids is 1. The average Bonchev–Trinajstić information content (AvgIpc) is 2.53. The molecule has 26 heavy (non-hydrogen) atoms. The number of esters is 1. The monoisotopic (exact) mass is 368 g/mol. The van der Waals surface area contributed by atoms with Crippen molar-refractivity contribution < 1.29 is 19.4 Å². The van der Waals surface area contributed by atoms with E-state index in [0.29, 0.717) is 18.8 Å². The number of rotatable bonds is 11. The maximum Gasteiger partial charge on any atom is 0.312 e. The van der Waals surface area contributed by atoms with Gasteiger partial charge in [0.05, 0.1) is 11.3 Å². The van der Waals surface area contributed by atoms with Crippen molar-refractivity contribution >= 4 is 11.9 Å². The predicted molar refractivity (Wildman–Crippen MR) is 105 cm³/mol. The molecule has 0 amide bonds. The van der Waals surface area contributed by atoms with Gasteiger partial charge in [0, 0.05) is 0 Å². The second-order valence-electron chi connectivity index (χ2n) is 9.24. The van der Waals surface area contributed by atoms with Crippen molar-refractivity contribution in [3.63, 3.8) is 0 Å². The molecule has 3 atom stereocenters. The Balaban J connectivity index is 2.64. The Labute approximate surface area is 160 Å². The highest BCUT2D eigenvalue weighted by atomic mass is 16.5. The Bertz CT molecular complexity index is 443. The Morgan fingerprint density at radius 2 is 1.69 bits per heavy atom. The van der Waals surface area contributed by atoms with Crippen molar-refractivity contribution in [2.75, 3.05) is 0 Å². The largest absolute Gasteiger partial charge is 0.481 e. The summed E-state index contributed by atoms with van der Waals surface area (Å²) in [5, 5.41) is 9.54. The van der Waals surface area contributed by atoms with E-state index >= 15 is 0 Å². The van der Waals surface area contributed by atoms with Gasteiger partial charge in [-0.05, 0) is 50.9 Å². The number of hydrogen-bond acceptors (Lipinski definition) is 3. The Hall–Kier alpha value is -1.06. The van der Waals surface area contributed by atoms with Crippen molar-refractivity contribution in [2.24, 2.45) is 23.2 Å². The van der Waals surface area contributed by atoms with Crippen molar-refractivity contribution in [3.8, 4) is 0 Å². The lowest BCUT2D eigenvalue weighted by atomic mass is 9.67. The molecule has 0 radical (unpaired) electrons. The lowest BCUT2D eigenvalue weighted by molar-refractivity contribution is -0.174. The lowest BCUT2D eigenvalue weighted by Gasteiger charge is -2.38. The van der Waals surface area contributed by atoms with Crippen LogP contribution in [0.5, 0.6) is 0 Å². The molecule has 1 aliphatic rings. The standard InChI is InChI=1S/C22H40O4/c1-16(2)11-7-6-8-12-18(15-17(3)4)26-21(25)22(5)14-10-9-13-19(22)20(23)24/h16-19H,6-15H2,1-5H3,(H,23,24). The van der Waals surface area contributed by atoms with Crippen LogP contribution in [-0.4, -0.2) is 23.1 Å². The minimum atomic E-state index is -0.878. The van der Waals surface area contributed by atoms with E-state index in [-0.39, 0.29) is 12.1 Å². The summed E-state index contributed by atoms with van der Waals surface area (Å²) in [5.74, 6) is -0.582. The molecule has 1 rings (SSSR count). The molecule has 0 saturated heterocycles. The summed E-state index contributed by atoms with van der Waals surface area (Å²) in [6.07, 6.45) is 9.32. The molecule has 1 N–H and O–H groups in total. The summed E-state index contributed by atoms with van der Waals surface area (Å²) < 4.78 is 5.91. The molecule has 4 heteroatoms. The summed E-state index contributed by atoms with van der Waals surface area (Å²) in [6.45, 7) is 10.6. The Morgan fingerprint density at radius 1 is 1.04 bits per heavy atom. The van der Waals surface area contributed by atoms with Gasteiger partial charge in [0.2, 0.25) is 0 Å². The van der Waals surface area contributed by atoms with Crippen LogP contribution in [0.4, 0.5) is 0 Å². The van der Waals surface area contributed by atoms with Crippen LogP contribution in [0, 0.1) is 23.2 Å². The highest BCUT2D eigenvalue weighted by Gasteiger charge is 2.48. The molecule has 0 heterocycles. The van der Waals surface area contributed by atoms with Crippen LogP contribution in [0.2, 0.25) is 0 Å². The van der Waals surface area contributed by atoms with Crippen molar-refractivity contribution in [1.82, 2.24) is 0 Å². The number of carbonyl (C=O) groups is 2. The van der Waals surface area contributed by atoms with Gasteiger partial charge in [-0.3, -0.25) is 9.59 Å². The van der Waals surface area contributed by atoms with Gasteiger partial charge in [-0.1, -0.05) is 59.8 Å². The molecule has 0 bridgehead atoms. The van der Waals surface area contributed by atoms with Gasteiger partial charge in [-0.25, -0.2) is 0 Å². The lowest BCUT2D eigenvalue weighted by Crippen LogP contribution is -2.44. The van der Waals surface area contributed by atoms with E-state index in [0.717, 1.165) is 38.0 Å². The first-order valence-corrected chi connectivity index (χ1v) is 10.6. The van der Waals surface area contributed by atoms with Crippen molar-refractivity contribution in [2.45, 2.75) is 105 Å². The van der Waals surface area contributed by atoms with Gasteiger partial charge in [0.1, 0.15) is 6.10 Å². The normalized spacial score (nSPS) is 24.7. The number of unbranched alkanes of at least 4 members (excludes halogenated alkanes) is 2. The van der Waals surface area contributed by atoms with Crippen molar-refractivity contribution in [1.29, 1.82) is 0 Å². The maximum absolute atomic E-state index is 12.9. The first-order valence-electron chi connectivity index (χ1n) is 10.6. The van der Waals surface area contributed by atoms with E-state index in [4.69, 9.17) is 4.74 Å². The van der Waals surface area contributed by atoms with Gasteiger partial charge in [-0.15, -0.1) is 0 Å². The molecule has 4 nitrogen and oxygen atoms in total. The summed E-state index contributed by atoms with van der Waals surface area (Å²) in [5.41, 5.74) is -0.878. The molecule has 1 aliphatic carbocycles. The Kier molecular flexibility index (Phi) is 9.67.